The summed E-state index contributed by atoms with van der Waals surface area (Å²) in [5.74, 6) is 0. The van der Waals surface area contributed by atoms with Crippen LogP contribution in [0.1, 0.15) is 20.3 Å². The predicted molar refractivity (Wildman–Crippen MR) is 47.1 cm³/mol. The molecule has 0 saturated carbocycles. The zero-order chi connectivity index (χ0) is 9.78. The van der Waals surface area contributed by atoms with Crippen LogP contribution in [0.5, 0.6) is 0 Å². The second-order valence-electron chi connectivity index (χ2n) is 2.63. The summed E-state index contributed by atoms with van der Waals surface area (Å²) in [6.07, 6.45) is 0.653. The molecular weight excluding hydrogens is 180 g/mol. The Kier molecular flexibility index (Phi) is 4.69. The van der Waals surface area contributed by atoms with Gasteiger partial charge in [0.25, 0.3) is 0 Å². The lowest BCUT2D eigenvalue weighted by Crippen LogP contribution is -2.41. The Hall–Kier alpha value is -0.170. The third-order valence-corrected chi connectivity index (χ3v) is 2.86. The van der Waals surface area contributed by atoms with E-state index in [1.54, 1.807) is 6.92 Å². The van der Waals surface area contributed by atoms with Crippen LogP contribution in [0, 0.1) is 0 Å². The quantitative estimate of drug-likeness (QED) is 0.599. The van der Waals surface area contributed by atoms with Gasteiger partial charge in [-0.1, -0.05) is 6.92 Å². The van der Waals surface area contributed by atoms with E-state index in [2.05, 4.69) is 0 Å². The minimum Gasteiger partial charge on any atom is -0.329 e. The van der Waals surface area contributed by atoms with Crippen LogP contribution >= 0.6 is 0 Å². The summed E-state index contributed by atoms with van der Waals surface area (Å²) in [6, 6.07) is -0.205. The lowest BCUT2D eigenvalue weighted by Gasteiger charge is -2.23. The highest BCUT2D eigenvalue weighted by Gasteiger charge is 2.22. The zero-order valence-electron chi connectivity index (χ0n) is 7.40. The third-order valence-electron chi connectivity index (χ3n) is 1.73. The first-order valence-electron chi connectivity index (χ1n) is 3.87. The van der Waals surface area contributed by atoms with Crippen molar-refractivity contribution in [2.75, 3.05) is 13.1 Å². The van der Waals surface area contributed by atoms with Gasteiger partial charge in [0, 0.05) is 19.1 Å². The van der Waals surface area contributed by atoms with Crippen molar-refractivity contribution < 1.29 is 13.0 Å². The molecule has 6 heteroatoms. The molecule has 0 spiro atoms. The first-order chi connectivity index (χ1) is 5.43. The molecule has 12 heavy (non-hydrogen) atoms. The molecule has 5 nitrogen and oxygen atoms in total. The van der Waals surface area contributed by atoms with Gasteiger partial charge in [-0.25, -0.2) is 0 Å². The second-order valence-corrected chi connectivity index (χ2v) is 4.00. The second kappa shape index (κ2) is 4.76. The Morgan fingerprint density at radius 3 is 2.33 bits per heavy atom. The van der Waals surface area contributed by atoms with E-state index in [0.717, 1.165) is 4.31 Å². The number of hydrogen-bond donors (Lipinski definition) is 2. The molecule has 1 unspecified atom stereocenters. The normalized spacial score (nSPS) is 15.1. The van der Waals surface area contributed by atoms with Gasteiger partial charge in [-0.2, -0.15) is 12.7 Å². The van der Waals surface area contributed by atoms with Crippen molar-refractivity contribution in [1.29, 1.82) is 0 Å². The molecule has 0 aromatic carbocycles. The fourth-order valence-electron chi connectivity index (χ4n) is 0.894. The van der Waals surface area contributed by atoms with Crippen molar-refractivity contribution in [3.63, 3.8) is 0 Å². The van der Waals surface area contributed by atoms with E-state index in [0.29, 0.717) is 6.42 Å². The molecule has 0 bridgehead atoms. The SMILES string of the molecule is CCC(C)N(CCN)S(=O)(=O)O. The summed E-state index contributed by atoms with van der Waals surface area (Å²) in [6.45, 7) is 3.95. The van der Waals surface area contributed by atoms with Gasteiger partial charge in [0.15, 0.2) is 0 Å². The highest BCUT2D eigenvalue weighted by atomic mass is 32.2. The van der Waals surface area contributed by atoms with Crippen LogP contribution in [-0.4, -0.2) is 36.4 Å². The lowest BCUT2D eigenvalue weighted by atomic mass is 10.2. The molecular formula is C6H16N2O3S. The Morgan fingerprint density at radius 2 is 2.08 bits per heavy atom. The van der Waals surface area contributed by atoms with Gasteiger partial charge in [-0.05, 0) is 13.3 Å². The van der Waals surface area contributed by atoms with Crippen LogP contribution in [0.3, 0.4) is 0 Å². The standard InChI is InChI=1S/C6H16N2O3S/c1-3-6(2)8(5-4-7)12(9,10)11/h6H,3-5,7H2,1-2H3,(H,9,10,11). The summed E-state index contributed by atoms with van der Waals surface area (Å²) in [5, 5.41) is 0. The molecule has 0 radical (unpaired) electrons. The van der Waals surface area contributed by atoms with Crippen LogP contribution in [0.4, 0.5) is 0 Å². The fourth-order valence-corrected chi connectivity index (χ4v) is 1.83. The van der Waals surface area contributed by atoms with Crippen molar-refractivity contribution in [3.05, 3.63) is 0 Å². The molecule has 0 aliphatic rings. The van der Waals surface area contributed by atoms with Crippen LogP contribution in [-0.2, 0) is 10.3 Å². The minimum atomic E-state index is -4.09. The molecule has 1 atom stereocenters. The first kappa shape index (κ1) is 11.8. The third kappa shape index (κ3) is 3.48. The van der Waals surface area contributed by atoms with E-state index < -0.39 is 10.3 Å². The molecule has 0 aliphatic carbocycles. The molecule has 0 heterocycles. The van der Waals surface area contributed by atoms with Gasteiger partial charge in [-0.15, -0.1) is 0 Å². The summed E-state index contributed by atoms with van der Waals surface area (Å²) < 4.78 is 31.2. The Balaban J connectivity index is 4.44. The van der Waals surface area contributed by atoms with Crippen molar-refractivity contribution in [1.82, 2.24) is 4.31 Å². The maximum Gasteiger partial charge on any atom is 0.336 e. The largest absolute Gasteiger partial charge is 0.336 e. The minimum absolute atomic E-state index is 0.161. The smallest absolute Gasteiger partial charge is 0.329 e. The van der Waals surface area contributed by atoms with E-state index >= 15 is 0 Å². The summed E-state index contributed by atoms with van der Waals surface area (Å²) >= 11 is 0. The molecule has 0 fully saturated rings. The van der Waals surface area contributed by atoms with Gasteiger partial charge in [0.05, 0.1) is 0 Å². The van der Waals surface area contributed by atoms with E-state index in [-0.39, 0.29) is 19.1 Å². The van der Waals surface area contributed by atoms with Gasteiger partial charge in [0.2, 0.25) is 0 Å². The van der Waals surface area contributed by atoms with Crippen LogP contribution in [0.15, 0.2) is 0 Å². The number of rotatable bonds is 5. The number of hydrogen-bond acceptors (Lipinski definition) is 3. The van der Waals surface area contributed by atoms with Gasteiger partial charge < -0.3 is 5.73 Å². The predicted octanol–water partition coefficient (Wildman–Crippen LogP) is -0.152. The van der Waals surface area contributed by atoms with Crippen molar-refractivity contribution in [3.8, 4) is 0 Å². The highest BCUT2D eigenvalue weighted by Crippen LogP contribution is 2.06. The zero-order valence-corrected chi connectivity index (χ0v) is 8.21. The van der Waals surface area contributed by atoms with Crippen LogP contribution in [0.2, 0.25) is 0 Å². The van der Waals surface area contributed by atoms with E-state index in [4.69, 9.17) is 10.3 Å². The molecule has 0 saturated heterocycles. The fraction of sp³-hybridized carbons (Fsp3) is 1.00. The van der Waals surface area contributed by atoms with E-state index in [1.807, 2.05) is 6.92 Å². The molecule has 0 aromatic rings. The highest BCUT2D eigenvalue weighted by molar-refractivity contribution is 7.83. The Labute approximate surface area is 73.4 Å². The average Bonchev–Trinajstić information content (AvgIpc) is 1.96. The number of nitrogens with two attached hydrogens (primary N) is 1. The molecule has 0 rings (SSSR count). The Morgan fingerprint density at radius 1 is 1.58 bits per heavy atom. The van der Waals surface area contributed by atoms with Crippen molar-refractivity contribution in [2.24, 2.45) is 5.73 Å². The van der Waals surface area contributed by atoms with Crippen molar-refractivity contribution in [2.45, 2.75) is 26.3 Å². The van der Waals surface area contributed by atoms with Gasteiger partial charge in [-0.3, -0.25) is 4.55 Å². The summed E-state index contributed by atoms with van der Waals surface area (Å²) in [4.78, 5) is 0. The van der Waals surface area contributed by atoms with E-state index in [9.17, 15) is 8.42 Å². The number of nitrogens with zero attached hydrogens (tertiary/aromatic N) is 1. The van der Waals surface area contributed by atoms with Crippen LogP contribution in [0.25, 0.3) is 0 Å². The molecule has 3 N–H and O–H groups in total. The Bertz CT molecular complexity index is 215. The maximum absolute atomic E-state index is 10.7. The molecule has 0 amide bonds. The first-order valence-corrected chi connectivity index (χ1v) is 5.27. The van der Waals surface area contributed by atoms with Gasteiger partial charge in [0.1, 0.15) is 0 Å². The monoisotopic (exact) mass is 196 g/mol. The topological polar surface area (TPSA) is 83.6 Å². The van der Waals surface area contributed by atoms with Crippen LogP contribution < -0.4 is 5.73 Å². The maximum atomic E-state index is 10.7. The average molecular weight is 196 g/mol. The molecule has 0 aromatic heterocycles. The van der Waals surface area contributed by atoms with Crippen molar-refractivity contribution >= 4 is 10.3 Å². The summed E-state index contributed by atoms with van der Waals surface area (Å²) in [5.41, 5.74) is 5.20. The molecule has 0 aliphatic heterocycles. The lowest BCUT2D eigenvalue weighted by molar-refractivity contribution is 0.297. The summed E-state index contributed by atoms with van der Waals surface area (Å²) in [7, 11) is -4.09. The van der Waals surface area contributed by atoms with Gasteiger partial charge >= 0.3 is 10.3 Å². The molecule has 74 valence electrons. The van der Waals surface area contributed by atoms with E-state index in [1.165, 1.54) is 0 Å².